The van der Waals surface area contributed by atoms with Crippen LogP contribution in [-0.2, 0) is 13.1 Å². The Bertz CT molecular complexity index is 563. The molecule has 0 aliphatic heterocycles. The van der Waals surface area contributed by atoms with E-state index in [9.17, 15) is 0 Å². The number of benzene rings is 2. The summed E-state index contributed by atoms with van der Waals surface area (Å²) in [5.41, 5.74) is 2.54. The van der Waals surface area contributed by atoms with E-state index in [1.807, 2.05) is 12.1 Å². The van der Waals surface area contributed by atoms with Gasteiger partial charge in [-0.3, -0.25) is 0 Å². The van der Waals surface area contributed by atoms with Crippen LogP contribution in [0.15, 0.2) is 60.7 Å². The Morgan fingerprint density at radius 2 is 1.36 bits per heavy atom. The van der Waals surface area contributed by atoms with Gasteiger partial charge in [-0.1, -0.05) is 60.7 Å². The molecule has 0 aromatic heterocycles. The minimum Gasteiger partial charge on any atom is -0.363 e. The van der Waals surface area contributed by atoms with Crippen LogP contribution in [0.2, 0.25) is 0 Å². The van der Waals surface area contributed by atoms with Crippen LogP contribution in [0.3, 0.4) is 0 Å². The molecule has 5 heteroatoms. The maximum absolute atomic E-state index is 5.65. The summed E-state index contributed by atoms with van der Waals surface area (Å²) in [4.78, 5) is 4.42. The van der Waals surface area contributed by atoms with Gasteiger partial charge in [0.2, 0.25) is 0 Å². The number of hydrogen-bond donors (Lipinski definition) is 1. The van der Waals surface area contributed by atoms with E-state index in [0.717, 1.165) is 37.7 Å². The zero-order chi connectivity index (χ0) is 17.2. The summed E-state index contributed by atoms with van der Waals surface area (Å²) in [5, 5.41) is 4.23. The molecule has 2 aromatic rings. The highest BCUT2D eigenvalue weighted by Gasteiger charge is 2.11. The molecule has 0 saturated carbocycles. The number of nitrogens with one attached hydrogen (secondary N) is 1. The third-order valence-corrected chi connectivity index (χ3v) is 4.18. The fraction of sp³-hybridized carbons (Fsp3) is 0.350. The highest BCUT2D eigenvalue weighted by atomic mass is 79.9. The van der Waals surface area contributed by atoms with Crippen molar-refractivity contribution in [2.75, 3.05) is 27.2 Å². The lowest BCUT2D eigenvalue weighted by Crippen LogP contribution is -2.39. The minimum absolute atomic E-state index is 0. The molecule has 0 radical (unpaired) electrons. The van der Waals surface area contributed by atoms with Crippen LogP contribution < -0.4 is 5.32 Å². The predicted molar refractivity (Wildman–Crippen MR) is 116 cm³/mol. The average molecular weight is 422 g/mol. The van der Waals surface area contributed by atoms with Gasteiger partial charge in [-0.15, -0.1) is 17.0 Å². The first kappa shape index (κ1) is 21.6. The van der Waals surface area contributed by atoms with E-state index in [1.165, 1.54) is 11.1 Å². The lowest BCUT2D eigenvalue weighted by molar-refractivity contribution is 0.384. The van der Waals surface area contributed by atoms with Crippen molar-refractivity contribution in [3.05, 3.63) is 71.8 Å². The molecule has 2 rings (SSSR count). The van der Waals surface area contributed by atoms with Gasteiger partial charge in [0.1, 0.15) is 0 Å². The second-order valence-corrected chi connectivity index (χ2v) is 6.60. The first-order valence-corrected chi connectivity index (χ1v) is 8.81. The second kappa shape index (κ2) is 12.0. The Morgan fingerprint density at radius 3 is 1.80 bits per heavy atom. The molecule has 0 bridgehead atoms. The molecule has 0 fully saturated rings. The monoisotopic (exact) mass is 421 g/mol. The molecular formula is C20H28BrN3S. The van der Waals surface area contributed by atoms with Crippen LogP contribution in [0.25, 0.3) is 0 Å². The van der Waals surface area contributed by atoms with Gasteiger partial charge in [0.15, 0.2) is 5.11 Å². The average Bonchev–Trinajstić information content (AvgIpc) is 2.59. The molecule has 0 aliphatic rings. The molecule has 0 heterocycles. The van der Waals surface area contributed by atoms with Gasteiger partial charge in [-0.2, -0.15) is 0 Å². The maximum Gasteiger partial charge on any atom is 0.169 e. The van der Waals surface area contributed by atoms with Crippen molar-refractivity contribution < 1.29 is 0 Å². The molecular weight excluding hydrogens is 394 g/mol. The molecule has 3 nitrogen and oxygen atoms in total. The van der Waals surface area contributed by atoms with Crippen LogP contribution in [0, 0.1) is 0 Å². The fourth-order valence-corrected chi connectivity index (χ4v) is 2.74. The molecule has 0 unspecified atom stereocenters. The van der Waals surface area contributed by atoms with Crippen molar-refractivity contribution in [2.24, 2.45) is 0 Å². The summed E-state index contributed by atoms with van der Waals surface area (Å²) < 4.78 is 0. The summed E-state index contributed by atoms with van der Waals surface area (Å²) in [6.45, 7) is 3.59. The molecule has 25 heavy (non-hydrogen) atoms. The first-order valence-electron chi connectivity index (χ1n) is 8.40. The largest absolute Gasteiger partial charge is 0.363 e. The molecule has 0 saturated heterocycles. The number of rotatable bonds is 8. The summed E-state index contributed by atoms with van der Waals surface area (Å²) in [6, 6.07) is 21.0. The van der Waals surface area contributed by atoms with E-state index >= 15 is 0 Å². The second-order valence-electron chi connectivity index (χ2n) is 6.22. The summed E-state index contributed by atoms with van der Waals surface area (Å²) in [7, 11) is 4.19. The normalized spacial score (nSPS) is 10.2. The molecule has 0 amide bonds. The summed E-state index contributed by atoms with van der Waals surface area (Å²) >= 11 is 5.65. The zero-order valence-corrected chi connectivity index (χ0v) is 17.5. The predicted octanol–water partition coefficient (Wildman–Crippen LogP) is 4.09. The van der Waals surface area contributed by atoms with Crippen LogP contribution in [0.4, 0.5) is 0 Å². The third-order valence-electron chi connectivity index (χ3n) is 3.78. The highest BCUT2D eigenvalue weighted by molar-refractivity contribution is 8.93. The molecule has 2 aromatic carbocycles. The van der Waals surface area contributed by atoms with Crippen molar-refractivity contribution in [1.29, 1.82) is 0 Å². The fourth-order valence-electron chi connectivity index (χ4n) is 2.51. The van der Waals surface area contributed by atoms with Crippen molar-refractivity contribution in [3.63, 3.8) is 0 Å². The Morgan fingerprint density at radius 1 is 0.880 bits per heavy atom. The van der Waals surface area contributed by atoms with E-state index in [0.29, 0.717) is 0 Å². The van der Waals surface area contributed by atoms with Crippen LogP contribution >= 0.6 is 29.2 Å². The quantitative estimate of drug-likeness (QED) is 0.510. The van der Waals surface area contributed by atoms with E-state index in [-0.39, 0.29) is 17.0 Å². The smallest absolute Gasteiger partial charge is 0.169 e. The van der Waals surface area contributed by atoms with Crippen molar-refractivity contribution in [2.45, 2.75) is 19.5 Å². The lowest BCUT2D eigenvalue weighted by Gasteiger charge is -2.26. The van der Waals surface area contributed by atoms with Crippen molar-refractivity contribution >= 4 is 34.3 Å². The topological polar surface area (TPSA) is 18.5 Å². The minimum atomic E-state index is 0. The van der Waals surface area contributed by atoms with Gasteiger partial charge >= 0.3 is 0 Å². The van der Waals surface area contributed by atoms with Crippen LogP contribution in [0.5, 0.6) is 0 Å². The highest BCUT2D eigenvalue weighted by Crippen LogP contribution is 2.10. The Balaban J connectivity index is 0.00000312. The Kier molecular flexibility index (Phi) is 10.4. The Hall–Kier alpha value is -1.43. The molecule has 1 N–H and O–H groups in total. The van der Waals surface area contributed by atoms with Gasteiger partial charge < -0.3 is 15.1 Å². The Labute approximate surface area is 167 Å². The molecule has 0 spiro atoms. The molecule has 0 atom stereocenters. The SMILES string of the molecule is Br.CN(C)CCCNC(=S)N(Cc1ccccc1)Cc1ccccc1. The summed E-state index contributed by atoms with van der Waals surface area (Å²) in [5.74, 6) is 0. The van der Waals surface area contributed by atoms with Crippen LogP contribution in [-0.4, -0.2) is 42.1 Å². The third kappa shape index (κ3) is 8.47. The summed E-state index contributed by atoms with van der Waals surface area (Å²) in [6.07, 6.45) is 1.08. The van der Waals surface area contributed by atoms with E-state index in [2.05, 4.69) is 77.7 Å². The van der Waals surface area contributed by atoms with Gasteiger partial charge in [0.05, 0.1) is 0 Å². The number of halogens is 1. The standard InChI is InChI=1S/C20H27N3S.BrH/c1-22(2)15-9-14-21-20(24)23(16-18-10-5-3-6-11-18)17-19-12-7-4-8-13-19;/h3-8,10-13H,9,14-17H2,1-2H3,(H,21,24);1H. The molecule has 0 aliphatic carbocycles. The number of thiocarbonyl (C=S) groups is 1. The number of hydrogen-bond acceptors (Lipinski definition) is 2. The van der Waals surface area contributed by atoms with Gasteiger partial charge in [-0.25, -0.2) is 0 Å². The van der Waals surface area contributed by atoms with Gasteiger partial charge in [-0.05, 0) is 50.4 Å². The maximum atomic E-state index is 5.65. The van der Waals surface area contributed by atoms with E-state index in [1.54, 1.807) is 0 Å². The van der Waals surface area contributed by atoms with Gasteiger partial charge in [0, 0.05) is 19.6 Å². The van der Waals surface area contributed by atoms with E-state index in [4.69, 9.17) is 12.2 Å². The molecule has 136 valence electrons. The lowest BCUT2D eigenvalue weighted by atomic mass is 10.2. The van der Waals surface area contributed by atoms with E-state index < -0.39 is 0 Å². The first-order chi connectivity index (χ1) is 11.6. The van der Waals surface area contributed by atoms with Gasteiger partial charge in [0.25, 0.3) is 0 Å². The van der Waals surface area contributed by atoms with Crippen LogP contribution in [0.1, 0.15) is 17.5 Å². The van der Waals surface area contributed by atoms with Crippen molar-refractivity contribution in [1.82, 2.24) is 15.1 Å². The number of nitrogens with zero attached hydrogens (tertiary/aromatic N) is 2. The zero-order valence-electron chi connectivity index (χ0n) is 15.0. The van der Waals surface area contributed by atoms with Crippen molar-refractivity contribution in [3.8, 4) is 0 Å².